The number of hydrogen-bond donors (Lipinski definition) is 3. The first kappa shape index (κ1) is 18.2. The number of aromatic amines is 1. The van der Waals surface area contributed by atoms with Crippen LogP contribution in [0.3, 0.4) is 0 Å². The molecule has 0 unspecified atom stereocenters. The van der Waals surface area contributed by atoms with Crippen molar-refractivity contribution in [2.75, 3.05) is 5.32 Å². The number of hydrogen-bond acceptors (Lipinski definition) is 4. The Labute approximate surface area is 167 Å². The SMILES string of the molecule is Cc1c(F)c(C(=O)O)c2[nH]ncc2c1-c1ccc2nc(NC(=O)[C@@H]3C[C@@H]3F)cn2c1. The van der Waals surface area contributed by atoms with Crippen molar-refractivity contribution in [1.29, 1.82) is 0 Å². The van der Waals surface area contributed by atoms with E-state index in [0.717, 1.165) is 0 Å². The van der Waals surface area contributed by atoms with E-state index in [4.69, 9.17) is 0 Å². The first-order valence-corrected chi connectivity index (χ1v) is 9.17. The molecule has 0 bridgehead atoms. The third-order valence-corrected chi connectivity index (χ3v) is 5.34. The highest BCUT2D eigenvalue weighted by Crippen LogP contribution is 2.36. The van der Waals surface area contributed by atoms with Crippen LogP contribution in [0, 0.1) is 18.7 Å². The van der Waals surface area contributed by atoms with Crippen LogP contribution in [0.5, 0.6) is 0 Å². The first-order chi connectivity index (χ1) is 14.3. The predicted octanol–water partition coefficient (Wildman–Crippen LogP) is 3.32. The minimum atomic E-state index is -1.38. The Morgan fingerprint density at radius 2 is 2.10 bits per heavy atom. The number of aromatic carboxylic acids is 1. The number of imidazole rings is 1. The maximum atomic E-state index is 14.9. The van der Waals surface area contributed by atoms with Crippen molar-refractivity contribution in [3.63, 3.8) is 0 Å². The standard InChI is InChI=1S/C20H15F2N5O3/c1-8-15(11-5-23-26-18(11)16(17(8)22)20(29)30)9-2-3-14-24-13(7-27(14)6-9)25-19(28)10-4-12(10)21/h2-3,5-7,10,12H,4H2,1H3,(H,23,26)(H,25,28)(H,29,30)/t10-,12+/m1/s1. The van der Waals surface area contributed by atoms with E-state index in [1.165, 1.54) is 13.1 Å². The molecule has 1 aliphatic rings. The summed E-state index contributed by atoms with van der Waals surface area (Å²) in [5.74, 6) is -2.97. The number of anilines is 1. The van der Waals surface area contributed by atoms with Gasteiger partial charge in [0.1, 0.15) is 23.2 Å². The number of rotatable bonds is 4. The van der Waals surface area contributed by atoms with Crippen molar-refractivity contribution in [3.05, 3.63) is 47.7 Å². The van der Waals surface area contributed by atoms with Gasteiger partial charge in [-0.15, -0.1) is 0 Å². The third-order valence-electron chi connectivity index (χ3n) is 5.34. The van der Waals surface area contributed by atoms with E-state index in [1.807, 2.05) is 0 Å². The number of benzene rings is 1. The van der Waals surface area contributed by atoms with E-state index in [0.29, 0.717) is 22.2 Å². The molecule has 0 saturated heterocycles. The predicted molar refractivity (Wildman–Crippen MR) is 104 cm³/mol. The highest BCUT2D eigenvalue weighted by Gasteiger charge is 2.43. The monoisotopic (exact) mass is 411 g/mol. The van der Waals surface area contributed by atoms with Gasteiger partial charge in [-0.3, -0.25) is 9.89 Å². The lowest BCUT2D eigenvalue weighted by Gasteiger charge is -2.12. The Morgan fingerprint density at radius 1 is 1.33 bits per heavy atom. The van der Waals surface area contributed by atoms with E-state index in [2.05, 4.69) is 20.5 Å². The molecule has 2 atom stereocenters. The quantitative estimate of drug-likeness (QED) is 0.477. The van der Waals surface area contributed by atoms with Crippen molar-refractivity contribution in [2.24, 2.45) is 5.92 Å². The highest BCUT2D eigenvalue weighted by atomic mass is 19.1. The molecule has 1 aliphatic carbocycles. The van der Waals surface area contributed by atoms with Crippen LogP contribution < -0.4 is 5.32 Å². The number of fused-ring (bicyclic) bond motifs is 2. The summed E-state index contributed by atoms with van der Waals surface area (Å²) >= 11 is 0. The Bertz CT molecular complexity index is 1360. The lowest BCUT2D eigenvalue weighted by Crippen LogP contribution is -2.15. The summed E-state index contributed by atoms with van der Waals surface area (Å²) in [5.41, 5.74) is 1.47. The van der Waals surface area contributed by atoms with Crippen LogP contribution in [0.2, 0.25) is 0 Å². The number of pyridine rings is 1. The maximum absolute atomic E-state index is 14.9. The molecule has 4 aromatic rings. The first-order valence-electron chi connectivity index (χ1n) is 9.17. The van der Waals surface area contributed by atoms with E-state index in [9.17, 15) is 23.5 Å². The number of nitrogens with one attached hydrogen (secondary N) is 2. The number of carboxylic acids is 1. The van der Waals surface area contributed by atoms with Crippen LogP contribution in [0.25, 0.3) is 27.7 Å². The highest BCUT2D eigenvalue weighted by molar-refractivity contribution is 6.08. The third kappa shape index (κ3) is 2.71. The zero-order chi connectivity index (χ0) is 21.2. The molecule has 3 heterocycles. The Hall–Kier alpha value is -3.82. The molecule has 30 heavy (non-hydrogen) atoms. The molecule has 1 saturated carbocycles. The molecule has 1 amide bonds. The molecule has 0 aliphatic heterocycles. The fourth-order valence-corrected chi connectivity index (χ4v) is 3.70. The molecule has 3 N–H and O–H groups in total. The molecule has 152 valence electrons. The second-order valence-electron chi connectivity index (χ2n) is 7.31. The molecule has 1 aromatic carbocycles. The molecular formula is C20H15F2N5O3. The second kappa shape index (κ2) is 6.34. The number of H-pyrrole nitrogens is 1. The summed E-state index contributed by atoms with van der Waals surface area (Å²) < 4.78 is 29.6. The Morgan fingerprint density at radius 3 is 2.80 bits per heavy atom. The van der Waals surface area contributed by atoms with Gasteiger partial charge in [-0.1, -0.05) is 0 Å². The normalized spacial score (nSPS) is 18.1. The molecule has 5 rings (SSSR count). The van der Waals surface area contributed by atoms with E-state index < -0.39 is 35.3 Å². The van der Waals surface area contributed by atoms with Crippen LogP contribution in [-0.2, 0) is 4.79 Å². The van der Waals surface area contributed by atoms with Gasteiger partial charge in [0.15, 0.2) is 5.82 Å². The summed E-state index contributed by atoms with van der Waals surface area (Å²) in [6.07, 6.45) is 3.85. The number of halogens is 2. The molecule has 8 nitrogen and oxygen atoms in total. The average molecular weight is 411 g/mol. The van der Waals surface area contributed by atoms with Crippen LogP contribution in [0.4, 0.5) is 14.6 Å². The largest absolute Gasteiger partial charge is 0.478 e. The molecule has 0 spiro atoms. The summed E-state index contributed by atoms with van der Waals surface area (Å²) in [5, 5.41) is 18.9. The van der Waals surface area contributed by atoms with Gasteiger partial charge < -0.3 is 14.8 Å². The van der Waals surface area contributed by atoms with Crippen LogP contribution in [0.1, 0.15) is 22.3 Å². The van der Waals surface area contributed by atoms with E-state index in [1.54, 1.807) is 28.9 Å². The van der Waals surface area contributed by atoms with Crippen LogP contribution >= 0.6 is 0 Å². The van der Waals surface area contributed by atoms with Crippen molar-refractivity contribution in [1.82, 2.24) is 19.6 Å². The number of carbonyl (C=O) groups excluding carboxylic acids is 1. The lowest BCUT2D eigenvalue weighted by molar-refractivity contribution is -0.117. The number of carboxylic acid groups (broad SMARTS) is 1. The van der Waals surface area contributed by atoms with Gasteiger partial charge in [0.25, 0.3) is 0 Å². The summed E-state index contributed by atoms with van der Waals surface area (Å²) in [7, 11) is 0. The Kier molecular flexibility index (Phi) is 3.85. The summed E-state index contributed by atoms with van der Waals surface area (Å²) in [6.45, 7) is 1.51. The van der Waals surface area contributed by atoms with Gasteiger partial charge >= 0.3 is 5.97 Å². The van der Waals surface area contributed by atoms with Crippen molar-refractivity contribution >= 4 is 34.2 Å². The lowest BCUT2D eigenvalue weighted by atomic mass is 9.94. The van der Waals surface area contributed by atoms with Gasteiger partial charge in [-0.05, 0) is 36.6 Å². The van der Waals surface area contributed by atoms with Gasteiger partial charge in [-0.2, -0.15) is 5.10 Å². The van der Waals surface area contributed by atoms with E-state index >= 15 is 0 Å². The number of nitrogens with zero attached hydrogens (tertiary/aromatic N) is 3. The zero-order valence-electron chi connectivity index (χ0n) is 15.6. The van der Waals surface area contributed by atoms with Gasteiger partial charge in [-0.25, -0.2) is 18.6 Å². The van der Waals surface area contributed by atoms with Crippen LogP contribution in [0.15, 0.2) is 30.7 Å². The van der Waals surface area contributed by atoms with Crippen molar-refractivity contribution in [2.45, 2.75) is 19.5 Å². The number of aromatic nitrogens is 4. The van der Waals surface area contributed by atoms with Crippen molar-refractivity contribution < 1.29 is 23.5 Å². The molecule has 1 fully saturated rings. The van der Waals surface area contributed by atoms with E-state index in [-0.39, 0.29) is 23.3 Å². The Balaban J connectivity index is 1.60. The summed E-state index contributed by atoms with van der Waals surface area (Å²) in [6, 6.07) is 3.41. The number of carbonyl (C=O) groups is 2. The van der Waals surface area contributed by atoms with Gasteiger partial charge in [0.2, 0.25) is 5.91 Å². The maximum Gasteiger partial charge on any atom is 0.340 e. The average Bonchev–Trinajstić information content (AvgIpc) is 3.08. The van der Waals surface area contributed by atoms with Crippen LogP contribution in [-0.4, -0.2) is 42.7 Å². The van der Waals surface area contributed by atoms with Crippen molar-refractivity contribution in [3.8, 4) is 11.1 Å². The molecular weight excluding hydrogens is 396 g/mol. The zero-order valence-corrected chi connectivity index (χ0v) is 15.6. The summed E-state index contributed by atoms with van der Waals surface area (Å²) in [4.78, 5) is 27.7. The smallest absolute Gasteiger partial charge is 0.340 e. The fourth-order valence-electron chi connectivity index (χ4n) is 3.70. The fraction of sp³-hybridized carbons (Fsp3) is 0.200. The van der Waals surface area contributed by atoms with Gasteiger partial charge in [0, 0.05) is 17.1 Å². The van der Waals surface area contributed by atoms with Gasteiger partial charge in [0.05, 0.1) is 23.8 Å². The molecule has 3 aromatic heterocycles. The minimum absolute atomic E-state index is 0.101. The topological polar surface area (TPSA) is 112 Å². The second-order valence-corrected chi connectivity index (χ2v) is 7.31. The molecule has 0 radical (unpaired) electrons. The minimum Gasteiger partial charge on any atom is -0.478 e. The number of alkyl halides is 1. The molecule has 10 heteroatoms. The number of amides is 1.